The molecule has 0 aromatic carbocycles. The van der Waals surface area contributed by atoms with E-state index in [1.165, 1.54) is 6.42 Å². The Labute approximate surface area is 107 Å². The van der Waals surface area contributed by atoms with Crippen molar-refractivity contribution in [3.8, 4) is 0 Å². The molecular formula is C12H20ClN3O. The van der Waals surface area contributed by atoms with Crippen LogP contribution in [0.4, 0.5) is 0 Å². The molecule has 0 bridgehead atoms. The van der Waals surface area contributed by atoms with Gasteiger partial charge in [-0.15, -0.1) is 0 Å². The van der Waals surface area contributed by atoms with Gasteiger partial charge >= 0.3 is 0 Å². The van der Waals surface area contributed by atoms with Crippen LogP contribution in [-0.2, 0) is 17.9 Å². The summed E-state index contributed by atoms with van der Waals surface area (Å²) < 4.78 is 7.68. The summed E-state index contributed by atoms with van der Waals surface area (Å²) in [5.41, 5.74) is 1.88. The van der Waals surface area contributed by atoms with Gasteiger partial charge in [0.1, 0.15) is 0 Å². The lowest BCUT2D eigenvalue weighted by Crippen LogP contribution is -2.14. The van der Waals surface area contributed by atoms with E-state index < -0.39 is 0 Å². The van der Waals surface area contributed by atoms with Crippen molar-refractivity contribution in [2.24, 2.45) is 5.92 Å². The van der Waals surface area contributed by atoms with Crippen molar-refractivity contribution in [1.82, 2.24) is 15.1 Å². The highest BCUT2D eigenvalue weighted by molar-refractivity contribution is 6.31. The molecule has 0 spiro atoms. The molecule has 0 amide bonds. The Kier molecular flexibility index (Phi) is 4.42. The molecule has 2 rings (SSSR count). The van der Waals surface area contributed by atoms with Gasteiger partial charge in [-0.1, -0.05) is 11.6 Å². The van der Waals surface area contributed by atoms with Crippen molar-refractivity contribution in [3.05, 3.63) is 16.4 Å². The van der Waals surface area contributed by atoms with Crippen LogP contribution in [0.3, 0.4) is 0 Å². The molecule has 1 aliphatic heterocycles. The van der Waals surface area contributed by atoms with Crippen molar-refractivity contribution < 1.29 is 4.74 Å². The number of nitrogens with one attached hydrogen (secondary N) is 1. The van der Waals surface area contributed by atoms with Crippen LogP contribution in [0.5, 0.6) is 0 Å². The fourth-order valence-corrected chi connectivity index (χ4v) is 2.38. The van der Waals surface area contributed by atoms with Gasteiger partial charge in [0.2, 0.25) is 0 Å². The summed E-state index contributed by atoms with van der Waals surface area (Å²) in [5.74, 6) is 0.646. The number of hydrogen-bond acceptors (Lipinski definition) is 3. The van der Waals surface area contributed by atoms with Crippen LogP contribution in [0.2, 0.25) is 5.02 Å². The summed E-state index contributed by atoms with van der Waals surface area (Å²) in [5, 5.41) is 8.45. The molecule has 1 aromatic rings. The van der Waals surface area contributed by atoms with E-state index >= 15 is 0 Å². The summed E-state index contributed by atoms with van der Waals surface area (Å²) >= 11 is 6.21. The van der Waals surface area contributed by atoms with E-state index in [1.807, 2.05) is 11.6 Å². The molecule has 1 saturated heterocycles. The van der Waals surface area contributed by atoms with Crippen LogP contribution in [0.25, 0.3) is 0 Å². The molecule has 1 aliphatic rings. The van der Waals surface area contributed by atoms with Crippen LogP contribution in [0, 0.1) is 12.8 Å². The average Bonchev–Trinajstić information content (AvgIpc) is 2.92. The minimum Gasteiger partial charge on any atom is -0.375 e. The Hall–Kier alpha value is -0.580. The smallest absolute Gasteiger partial charge is 0.0900 e. The van der Waals surface area contributed by atoms with Gasteiger partial charge in [0.05, 0.1) is 29.6 Å². The minimum absolute atomic E-state index is 0.560. The number of ether oxygens (including phenoxy) is 1. The minimum atomic E-state index is 0.560. The third kappa shape index (κ3) is 3.00. The van der Waals surface area contributed by atoms with Crippen molar-refractivity contribution >= 4 is 11.6 Å². The molecule has 2 heterocycles. The van der Waals surface area contributed by atoms with E-state index in [0.29, 0.717) is 12.5 Å². The molecule has 1 N–H and O–H groups in total. The zero-order chi connectivity index (χ0) is 12.3. The standard InChI is InChI=1S/C12H20ClN3O/c1-3-16-11(12(13)9(2)15-16)8-17-7-10-4-5-14-6-10/h10,14H,3-8H2,1-2H3. The Morgan fingerprint density at radius 3 is 3.06 bits per heavy atom. The predicted molar refractivity (Wildman–Crippen MR) is 68.3 cm³/mol. The summed E-state index contributed by atoms with van der Waals surface area (Å²) in [6, 6.07) is 0. The first-order valence-electron chi connectivity index (χ1n) is 6.22. The number of nitrogens with zero attached hydrogens (tertiary/aromatic N) is 2. The van der Waals surface area contributed by atoms with Crippen molar-refractivity contribution in [3.63, 3.8) is 0 Å². The average molecular weight is 258 g/mol. The second kappa shape index (κ2) is 5.85. The lowest BCUT2D eigenvalue weighted by Gasteiger charge is -2.10. The first-order valence-corrected chi connectivity index (χ1v) is 6.60. The molecule has 1 atom stereocenters. The zero-order valence-electron chi connectivity index (χ0n) is 10.5. The van der Waals surface area contributed by atoms with Gasteiger partial charge in [0.15, 0.2) is 0 Å². The van der Waals surface area contributed by atoms with E-state index in [2.05, 4.69) is 17.3 Å². The number of halogens is 1. The molecular weight excluding hydrogens is 238 g/mol. The molecule has 17 heavy (non-hydrogen) atoms. The Morgan fingerprint density at radius 2 is 2.41 bits per heavy atom. The fourth-order valence-electron chi connectivity index (χ4n) is 2.19. The number of aromatic nitrogens is 2. The fraction of sp³-hybridized carbons (Fsp3) is 0.750. The monoisotopic (exact) mass is 257 g/mol. The first kappa shape index (κ1) is 12.9. The summed E-state index contributed by atoms with van der Waals surface area (Å²) in [6.45, 7) is 8.37. The topological polar surface area (TPSA) is 39.1 Å². The maximum Gasteiger partial charge on any atom is 0.0900 e. The largest absolute Gasteiger partial charge is 0.375 e. The second-order valence-corrected chi connectivity index (χ2v) is 4.91. The molecule has 1 unspecified atom stereocenters. The number of aryl methyl sites for hydroxylation is 2. The zero-order valence-corrected chi connectivity index (χ0v) is 11.3. The summed E-state index contributed by atoms with van der Waals surface area (Å²) in [7, 11) is 0. The highest BCUT2D eigenvalue weighted by Gasteiger charge is 2.16. The van der Waals surface area contributed by atoms with Crippen LogP contribution in [0.15, 0.2) is 0 Å². The van der Waals surface area contributed by atoms with Gasteiger partial charge in [-0.25, -0.2) is 0 Å². The maximum absolute atomic E-state index is 6.21. The van der Waals surface area contributed by atoms with Crippen LogP contribution in [0.1, 0.15) is 24.7 Å². The molecule has 0 saturated carbocycles. The van der Waals surface area contributed by atoms with Crippen LogP contribution < -0.4 is 5.32 Å². The SMILES string of the molecule is CCn1nc(C)c(Cl)c1COCC1CCNC1. The van der Waals surface area contributed by atoms with E-state index in [1.54, 1.807) is 0 Å². The van der Waals surface area contributed by atoms with E-state index in [-0.39, 0.29) is 0 Å². The molecule has 0 radical (unpaired) electrons. The van der Waals surface area contributed by atoms with Gasteiger partial charge in [0, 0.05) is 13.1 Å². The van der Waals surface area contributed by atoms with Gasteiger partial charge in [-0.2, -0.15) is 5.10 Å². The quantitative estimate of drug-likeness (QED) is 0.877. The van der Waals surface area contributed by atoms with Gasteiger partial charge in [0.25, 0.3) is 0 Å². The molecule has 1 fully saturated rings. The highest BCUT2D eigenvalue weighted by atomic mass is 35.5. The Morgan fingerprint density at radius 1 is 1.59 bits per heavy atom. The third-order valence-corrected chi connectivity index (χ3v) is 3.70. The molecule has 96 valence electrons. The second-order valence-electron chi connectivity index (χ2n) is 4.54. The van der Waals surface area contributed by atoms with Crippen LogP contribution >= 0.6 is 11.6 Å². The van der Waals surface area contributed by atoms with E-state index in [9.17, 15) is 0 Å². The summed E-state index contributed by atoms with van der Waals surface area (Å²) in [4.78, 5) is 0. The predicted octanol–water partition coefficient (Wildman–Crippen LogP) is 1.99. The van der Waals surface area contributed by atoms with Gasteiger partial charge in [-0.05, 0) is 32.7 Å². The van der Waals surface area contributed by atoms with Crippen LogP contribution in [-0.4, -0.2) is 29.5 Å². The van der Waals surface area contributed by atoms with Crippen molar-refractivity contribution in [2.75, 3.05) is 19.7 Å². The molecule has 1 aromatic heterocycles. The Balaban J connectivity index is 1.89. The maximum atomic E-state index is 6.21. The number of rotatable bonds is 5. The lowest BCUT2D eigenvalue weighted by atomic mass is 10.1. The summed E-state index contributed by atoms with van der Waals surface area (Å²) in [6.07, 6.45) is 1.21. The van der Waals surface area contributed by atoms with Crippen molar-refractivity contribution in [1.29, 1.82) is 0 Å². The first-order chi connectivity index (χ1) is 8.22. The Bertz CT molecular complexity index is 372. The molecule has 0 aliphatic carbocycles. The van der Waals surface area contributed by atoms with Gasteiger partial charge in [-0.3, -0.25) is 4.68 Å². The van der Waals surface area contributed by atoms with Gasteiger partial charge < -0.3 is 10.1 Å². The normalized spacial score (nSPS) is 20.1. The van der Waals surface area contributed by atoms with E-state index in [4.69, 9.17) is 16.3 Å². The van der Waals surface area contributed by atoms with Crippen molar-refractivity contribution in [2.45, 2.75) is 33.4 Å². The third-order valence-electron chi connectivity index (χ3n) is 3.21. The lowest BCUT2D eigenvalue weighted by molar-refractivity contribution is 0.0877. The molecule has 5 heteroatoms. The number of hydrogen-bond donors (Lipinski definition) is 1. The van der Waals surface area contributed by atoms with E-state index in [0.717, 1.165) is 42.7 Å². The molecule has 4 nitrogen and oxygen atoms in total. The highest BCUT2D eigenvalue weighted by Crippen LogP contribution is 2.21.